The van der Waals surface area contributed by atoms with Gasteiger partial charge in [0.2, 0.25) is 11.8 Å². The van der Waals surface area contributed by atoms with Gasteiger partial charge >= 0.3 is 0 Å². The number of piperazine rings is 1. The van der Waals surface area contributed by atoms with Crippen LogP contribution in [0.15, 0.2) is 24.4 Å². The molecule has 9 heteroatoms. The number of nitrogens with one attached hydrogen (secondary N) is 2. The first-order valence-corrected chi connectivity index (χ1v) is 15.9. The maximum Gasteiger partial charge on any atom is 0.251 e. The third-order valence-electron chi connectivity index (χ3n) is 11.3. The van der Waals surface area contributed by atoms with Crippen LogP contribution in [0.5, 0.6) is 0 Å². The highest BCUT2D eigenvalue weighted by molar-refractivity contribution is 5.99. The second kappa shape index (κ2) is 9.55. The van der Waals surface area contributed by atoms with Crippen molar-refractivity contribution < 1.29 is 19.5 Å². The van der Waals surface area contributed by atoms with Crippen molar-refractivity contribution >= 4 is 28.6 Å². The molecule has 0 saturated carbocycles. The summed E-state index contributed by atoms with van der Waals surface area (Å²) in [5, 5.41) is 16.9. The Morgan fingerprint density at radius 2 is 2.00 bits per heavy atom. The summed E-state index contributed by atoms with van der Waals surface area (Å²) >= 11 is 0. The molecular weight excluding hydrogens is 530 g/mol. The van der Waals surface area contributed by atoms with E-state index in [0.29, 0.717) is 38.4 Å². The second-order valence-corrected chi connectivity index (χ2v) is 14.5. The lowest BCUT2D eigenvalue weighted by molar-refractivity contribution is -0.198. The molecule has 9 nitrogen and oxygen atoms in total. The van der Waals surface area contributed by atoms with Crippen LogP contribution in [0.3, 0.4) is 0 Å². The number of aliphatic hydroxyl groups is 1. The fraction of sp³-hybridized carbons (Fsp3) is 0.667. The SMILES string of the molecule is CC(C)C[C@H]1C(=O)N2CCCC2[C@]2(O)C[C@@](NC(=O)[C@@H]3CC4c5cccc6[nH]cc(c56)CC4N(C)C3)(C(C)C)C(=O)N12. The molecule has 42 heavy (non-hydrogen) atoms. The number of amides is 3. The van der Waals surface area contributed by atoms with Crippen LogP contribution in [0, 0.1) is 17.8 Å². The highest BCUT2D eigenvalue weighted by Crippen LogP contribution is 2.51. The molecule has 3 unspecified atom stereocenters. The van der Waals surface area contributed by atoms with Gasteiger partial charge in [0.15, 0.2) is 5.72 Å². The summed E-state index contributed by atoms with van der Waals surface area (Å²) < 4.78 is 0. The molecule has 7 rings (SSSR count). The van der Waals surface area contributed by atoms with Gasteiger partial charge in [-0.05, 0) is 68.2 Å². The zero-order chi connectivity index (χ0) is 29.7. The molecule has 1 aromatic heterocycles. The van der Waals surface area contributed by atoms with Crippen molar-refractivity contribution in [1.29, 1.82) is 0 Å². The number of hydrogen-bond acceptors (Lipinski definition) is 5. The quantitative estimate of drug-likeness (QED) is 0.508. The summed E-state index contributed by atoms with van der Waals surface area (Å²) in [6.07, 6.45) is 5.84. The average Bonchev–Trinajstić information content (AvgIpc) is 3.65. The van der Waals surface area contributed by atoms with Gasteiger partial charge in [-0.15, -0.1) is 0 Å². The summed E-state index contributed by atoms with van der Waals surface area (Å²) in [4.78, 5) is 51.5. The van der Waals surface area contributed by atoms with Crippen LogP contribution >= 0.6 is 0 Å². The van der Waals surface area contributed by atoms with Crippen LogP contribution in [0.25, 0.3) is 10.9 Å². The predicted molar refractivity (Wildman–Crippen MR) is 159 cm³/mol. The van der Waals surface area contributed by atoms with Crippen LogP contribution in [-0.4, -0.2) is 92.0 Å². The van der Waals surface area contributed by atoms with Gasteiger partial charge < -0.3 is 25.2 Å². The number of aromatic nitrogens is 1. The number of fused-ring (bicyclic) bond motifs is 5. The lowest BCUT2D eigenvalue weighted by Gasteiger charge is -2.51. The number of carbonyl (C=O) groups excluding carboxylic acids is 3. The van der Waals surface area contributed by atoms with E-state index in [0.717, 1.165) is 18.4 Å². The summed E-state index contributed by atoms with van der Waals surface area (Å²) in [5.74, 6) is -0.660. The van der Waals surface area contributed by atoms with Gasteiger partial charge in [-0.2, -0.15) is 0 Å². The van der Waals surface area contributed by atoms with Gasteiger partial charge in [0.05, 0.1) is 12.0 Å². The first kappa shape index (κ1) is 27.9. The largest absolute Gasteiger partial charge is 0.369 e. The topological polar surface area (TPSA) is 109 Å². The fourth-order valence-corrected chi connectivity index (χ4v) is 9.26. The lowest BCUT2D eigenvalue weighted by Crippen LogP contribution is -2.70. The van der Waals surface area contributed by atoms with Gasteiger partial charge in [-0.25, -0.2) is 0 Å². The molecule has 4 saturated heterocycles. The Bertz CT molecular complexity index is 1450. The van der Waals surface area contributed by atoms with Crippen LogP contribution in [0.4, 0.5) is 0 Å². The summed E-state index contributed by atoms with van der Waals surface area (Å²) in [6.45, 7) is 9.19. The number of likely N-dealkylation sites (tertiary alicyclic amines) is 1. The van der Waals surface area contributed by atoms with Crippen LogP contribution in [-0.2, 0) is 20.8 Å². The van der Waals surface area contributed by atoms with Crippen molar-refractivity contribution in [3.8, 4) is 0 Å². The van der Waals surface area contributed by atoms with Crippen LogP contribution in [0.1, 0.15) is 76.8 Å². The van der Waals surface area contributed by atoms with Gasteiger partial charge in [0.25, 0.3) is 5.91 Å². The Labute approximate surface area is 248 Å². The average molecular weight is 576 g/mol. The molecule has 2 aromatic rings. The van der Waals surface area contributed by atoms with Crippen LogP contribution < -0.4 is 5.32 Å². The molecule has 5 heterocycles. The maximum atomic E-state index is 14.5. The van der Waals surface area contributed by atoms with E-state index in [1.165, 1.54) is 21.4 Å². The van der Waals surface area contributed by atoms with E-state index in [9.17, 15) is 19.5 Å². The zero-order valence-corrected chi connectivity index (χ0v) is 25.5. The molecule has 3 N–H and O–H groups in total. The highest BCUT2D eigenvalue weighted by Gasteiger charge is 2.70. The molecular formula is C33H45N5O4. The molecule has 0 spiro atoms. The molecule has 4 fully saturated rings. The Kier molecular flexibility index (Phi) is 6.34. The number of piperidine rings is 1. The van der Waals surface area contributed by atoms with Crippen molar-refractivity contribution in [3.05, 3.63) is 35.5 Å². The van der Waals surface area contributed by atoms with Gasteiger partial charge in [-0.1, -0.05) is 39.8 Å². The van der Waals surface area contributed by atoms with Gasteiger partial charge in [0.1, 0.15) is 11.6 Å². The molecule has 1 aliphatic carbocycles. The number of H-pyrrole nitrogens is 1. The minimum atomic E-state index is -1.49. The van der Waals surface area contributed by atoms with Crippen molar-refractivity contribution in [3.63, 3.8) is 0 Å². The number of benzene rings is 1. The first-order chi connectivity index (χ1) is 20.0. The van der Waals surface area contributed by atoms with E-state index in [1.54, 1.807) is 0 Å². The standard InChI is InChI=1S/C33H45N5O4/c1-18(2)12-26-30(40)37-11-7-10-27(37)33(42)17-32(19(3)4,31(41)38(26)33)35-29(39)21-13-23-22-8-6-9-24-28(22)20(15-34-24)14-25(23)36(5)16-21/h6,8-9,15,18-19,21,23,25-27,34,42H,7,10-14,16-17H2,1-5H3,(H,35,39)/t21-,23?,25?,26+,27?,32-,33-/m1/s1. The Morgan fingerprint density at radius 3 is 2.74 bits per heavy atom. The zero-order valence-electron chi connectivity index (χ0n) is 25.5. The van der Waals surface area contributed by atoms with Crippen molar-refractivity contribution in [2.45, 2.75) is 102 Å². The summed E-state index contributed by atoms with van der Waals surface area (Å²) in [5.41, 5.74) is 1.01. The third kappa shape index (κ3) is 3.78. The number of nitrogens with zero attached hydrogens (tertiary/aromatic N) is 3. The molecule has 226 valence electrons. The molecule has 5 aliphatic rings. The Balaban J connectivity index is 1.20. The second-order valence-electron chi connectivity index (χ2n) is 14.5. The van der Waals surface area contributed by atoms with Crippen LogP contribution in [0.2, 0.25) is 0 Å². The van der Waals surface area contributed by atoms with Crippen molar-refractivity contribution in [1.82, 2.24) is 25.0 Å². The smallest absolute Gasteiger partial charge is 0.251 e. The maximum absolute atomic E-state index is 14.5. The Hall–Kier alpha value is -2.91. The van der Waals surface area contributed by atoms with E-state index in [-0.39, 0.29) is 47.8 Å². The fourth-order valence-electron chi connectivity index (χ4n) is 9.26. The number of aromatic amines is 1. The molecule has 4 aliphatic heterocycles. The molecule has 1 aromatic carbocycles. The van der Waals surface area contributed by atoms with Crippen molar-refractivity contribution in [2.75, 3.05) is 20.1 Å². The number of rotatable bonds is 5. The molecule has 3 amide bonds. The van der Waals surface area contributed by atoms with Crippen molar-refractivity contribution in [2.24, 2.45) is 17.8 Å². The summed E-state index contributed by atoms with van der Waals surface area (Å²) in [6, 6.07) is 5.57. The van der Waals surface area contributed by atoms with E-state index in [4.69, 9.17) is 0 Å². The van der Waals surface area contributed by atoms with E-state index in [2.05, 4.69) is 46.6 Å². The van der Waals surface area contributed by atoms with Gasteiger partial charge in [-0.3, -0.25) is 19.3 Å². The minimum Gasteiger partial charge on any atom is -0.369 e. The predicted octanol–water partition coefficient (Wildman–Crippen LogP) is 2.98. The summed E-state index contributed by atoms with van der Waals surface area (Å²) in [7, 11) is 2.10. The number of likely N-dealkylation sites (N-methyl/N-ethyl adjacent to an activating group) is 1. The van der Waals surface area contributed by atoms with E-state index >= 15 is 0 Å². The van der Waals surface area contributed by atoms with E-state index < -0.39 is 23.3 Å². The highest BCUT2D eigenvalue weighted by atomic mass is 16.3. The Morgan fingerprint density at radius 1 is 1.21 bits per heavy atom. The van der Waals surface area contributed by atoms with Gasteiger partial charge in [0, 0.05) is 48.6 Å². The van der Waals surface area contributed by atoms with E-state index in [1.807, 2.05) is 32.6 Å². The normalized spacial score (nSPS) is 36.1. The lowest BCUT2D eigenvalue weighted by atomic mass is 9.72. The number of hydrogen-bond donors (Lipinski definition) is 3. The molecule has 0 bridgehead atoms. The minimum absolute atomic E-state index is 0.0642. The number of carbonyl (C=O) groups is 3. The first-order valence-electron chi connectivity index (χ1n) is 15.9. The molecule has 7 atom stereocenters. The monoisotopic (exact) mass is 575 g/mol. The molecule has 0 radical (unpaired) electrons. The third-order valence-corrected chi connectivity index (χ3v) is 11.3.